The normalized spacial score (nSPS) is 15.1. The van der Waals surface area contributed by atoms with Crippen LogP contribution in [0.25, 0.3) is 6.08 Å². The van der Waals surface area contributed by atoms with Gasteiger partial charge >= 0.3 is 0 Å². The molecule has 1 aliphatic heterocycles. The van der Waals surface area contributed by atoms with Gasteiger partial charge in [-0.05, 0) is 49.8 Å². The number of aliphatic imine (C=N–C) groups is 1. The SMILES string of the molecule is COc1ccc(C=C2N=C(SCCOC(C)C)N(c3cccc(OC)c3)C2=O)cc1. The van der Waals surface area contributed by atoms with Gasteiger partial charge in [0.25, 0.3) is 5.91 Å². The van der Waals surface area contributed by atoms with E-state index in [2.05, 4.69) is 4.99 Å². The molecule has 0 unspecified atom stereocenters. The summed E-state index contributed by atoms with van der Waals surface area (Å²) in [5.41, 5.74) is 1.98. The van der Waals surface area contributed by atoms with Crippen LogP contribution in [0.4, 0.5) is 5.69 Å². The fourth-order valence-electron chi connectivity index (χ4n) is 2.85. The van der Waals surface area contributed by atoms with Gasteiger partial charge in [0.1, 0.15) is 17.2 Å². The maximum Gasteiger partial charge on any atom is 0.283 e. The molecule has 1 amide bonds. The number of rotatable bonds is 8. The van der Waals surface area contributed by atoms with E-state index in [0.717, 1.165) is 11.3 Å². The predicted octanol–water partition coefficient (Wildman–Crippen LogP) is 4.61. The summed E-state index contributed by atoms with van der Waals surface area (Å²) in [5, 5.41) is 0.625. The smallest absolute Gasteiger partial charge is 0.283 e. The zero-order valence-corrected chi connectivity index (χ0v) is 18.4. The van der Waals surface area contributed by atoms with Crippen LogP contribution in [0.3, 0.4) is 0 Å². The van der Waals surface area contributed by atoms with Crippen LogP contribution in [0.5, 0.6) is 11.5 Å². The number of thioether (sulfide) groups is 1. The van der Waals surface area contributed by atoms with Crippen LogP contribution < -0.4 is 14.4 Å². The number of hydrogen-bond acceptors (Lipinski definition) is 6. The summed E-state index contributed by atoms with van der Waals surface area (Å²) in [4.78, 5) is 19.5. The molecule has 7 heteroatoms. The number of methoxy groups -OCH3 is 2. The highest BCUT2D eigenvalue weighted by atomic mass is 32.2. The molecule has 158 valence electrons. The maximum atomic E-state index is 13.2. The minimum Gasteiger partial charge on any atom is -0.497 e. The van der Waals surface area contributed by atoms with Gasteiger partial charge in [-0.25, -0.2) is 4.99 Å². The molecule has 0 spiro atoms. The molecule has 0 N–H and O–H groups in total. The molecule has 0 aliphatic carbocycles. The minimum atomic E-state index is -0.175. The first kappa shape index (κ1) is 21.9. The van der Waals surface area contributed by atoms with Crippen LogP contribution in [0, 0.1) is 0 Å². The third-order valence-electron chi connectivity index (χ3n) is 4.33. The van der Waals surface area contributed by atoms with Gasteiger partial charge in [-0.2, -0.15) is 0 Å². The zero-order chi connectivity index (χ0) is 21.5. The lowest BCUT2D eigenvalue weighted by Crippen LogP contribution is -2.30. The van der Waals surface area contributed by atoms with Crippen molar-refractivity contribution in [1.29, 1.82) is 0 Å². The van der Waals surface area contributed by atoms with E-state index in [4.69, 9.17) is 14.2 Å². The number of amides is 1. The van der Waals surface area contributed by atoms with Crippen molar-refractivity contribution < 1.29 is 19.0 Å². The Morgan fingerprint density at radius 1 is 1.07 bits per heavy atom. The highest BCUT2D eigenvalue weighted by molar-refractivity contribution is 8.14. The number of benzene rings is 2. The van der Waals surface area contributed by atoms with E-state index >= 15 is 0 Å². The van der Waals surface area contributed by atoms with Gasteiger partial charge in [-0.1, -0.05) is 30.0 Å². The number of ether oxygens (including phenoxy) is 3. The van der Waals surface area contributed by atoms with Crippen molar-refractivity contribution in [1.82, 2.24) is 0 Å². The first-order valence-electron chi connectivity index (χ1n) is 9.69. The van der Waals surface area contributed by atoms with Crippen LogP contribution in [-0.4, -0.2) is 43.8 Å². The summed E-state index contributed by atoms with van der Waals surface area (Å²) >= 11 is 1.49. The third kappa shape index (κ3) is 5.43. The van der Waals surface area contributed by atoms with Crippen molar-refractivity contribution in [2.45, 2.75) is 20.0 Å². The number of anilines is 1. The largest absolute Gasteiger partial charge is 0.497 e. The molecule has 0 bridgehead atoms. The Labute approximate surface area is 181 Å². The Balaban J connectivity index is 1.88. The Morgan fingerprint density at radius 3 is 2.47 bits per heavy atom. The fourth-order valence-corrected chi connectivity index (χ4v) is 3.69. The lowest BCUT2D eigenvalue weighted by atomic mass is 10.2. The Hall–Kier alpha value is -2.77. The van der Waals surface area contributed by atoms with Crippen LogP contribution in [0.2, 0.25) is 0 Å². The van der Waals surface area contributed by atoms with Gasteiger partial charge in [-0.3, -0.25) is 9.69 Å². The van der Waals surface area contributed by atoms with E-state index in [1.807, 2.05) is 62.4 Å². The zero-order valence-electron chi connectivity index (χ0n) is 17.6. The van der Waals surface area contributed by atoms with Gasteiger partial charge < -0.3 is 14.2 Å². The molecule has 0 radical (unpaired) electrons. The number of carbonyl (C=O) groups is 1. The van der Waals surface area contributed by atoms with E-state index < -0.39 is 0 Å². The first-order chi connectivity index (χ1) is 14.5. The molecular formula is C23H26N2O4S. The van der Waals surface area contributed by atoms with Crippen molar-refractivity contribution in [2.75, 3.05) is 31.5 Å². The average Bonchev–Trinajstić information content (AvgIpc) is 3.06. The van der Waals surface area contributed by atoms with E-state index in [0.29, 0.717) is 34.7 Å². The summed E-state index contributed by atoms with van der Waals surface area (Å²) in [6.07, 6.45) is 1.95. The average molecular weight is 427 g/mol. The van der Waals surface area contributed by atoms with Gasteiger partial charge in [0, 0.05) is 11.8 Å². The Morgan fingerprint density at radius 2 is 1.80 bits per heavy atom. The Kier molecular flexibility index (Phi) is 7.54. The number of amidine groups is 1. The molecule has 0 saturated heterocycles. The predicted molar refractivity (Wildman–Crippen MR) is 122 cm³/mol. The highest BCUT2D eigenvalue weighted by Crippen LogP contribution is 2.31. The second-order valence-corrected chi connectivity index (χ2v) is 7.87. The summed E-state index contributed by atoms with van der Waals surface area (Å²) in [6, 6.07) is 14.9. The highest BCUT2D eigenvalue weighted by Gasteiger charge is 2.32. The van der Waals surface area contributed by atoms with Crippen molar-refractivity contribution >= 4 is 34.6 Å². The second-order valence-electron chi connectivity index (χ2n) is 6.81. The van der Waals surface area contributed by atoms with E-state index in [1.54, 1.807) is 25.2 Å². The first-order valence-corrected chi connectivity index (χ1v) is 10.7. The van der Waals surface area contributed by atoms with Gasteiger partial charge in [0.2, 0.25) is 0 Å². The van der Waals surface area contributed by atoms with Gasteiger partial charge in [0.05, 0.1) is 32.6 Å². The van der Waals surface area contributed by atoms with Crippen LogP contribution in [0.15, 0.2) is 59.2 Å². The second kappa shape index (κ2) is 10.3. The quantitative estimate of drug-likeness (QED) is 0.456. The molecular weight excluding hydrogens is 400 g/mol. The van der Waals surface area contributed by atoms with Crippen LogP contribution in [-0.2, 0) is 9.53 Å². The summed E-state index contributed by atoms with van der Waals surface area (Å²) in [7, 11) is 3.23. The molecule has 2 aromatic carbocycles. The number of hydrogen-bond donors (Lipinski definition) is 0. The van der Waals surface area contributed by atoms with E-state index in [9.17, 15) is 4.79 Å². The van der Waals surface area contributed by atoms with Crippen molar-refractivity contribution in [3.63, 3.8) is 0 Å². The molecule has 30 heavy (non-hydrogen) atoms. The lowest BCUT2D eigenvalue weighted by Gasteiger charge is -2.18. The van der Waals surface area contributed by atoms with Gasteiger partial charge in [-0.15, -0.1) is 0 Å². The molecule has 6 nitrogen and oxygen atoms in total. The molecule has 0 saturated carbocycles. The van der Waals surface area contributed by atoms with Crippen molar-refractivity contribution in [3.8, 4) is 11.5 Å². The number of carbonyl (C=O) groups excluding carboxylic acids is 1. The topological polar surface area (TPSA) is 60.4 Å². The molecule has 0 fully saturated rings. The third-order valence-corrected chi connectivity index (χ3v) is 5.23. The molecule has 3 rings (SSSR count). The van der Waals surface area contributed by atoms with Gasteiger partial charge in [0.15, 0.2) is 5.17 Å². The van der Waals surface area contributed by atoms with E-state index in [-0.39, 0.29) is 12.0 Å². The fraction of sp³-hybridized carbons (Fsp3) is 0.304. The molecule has 2 aromatic rings. The molecule has 1 heterocycles. The molecule has 0 atom stereocenters. The monoisotopic (exact) mass is 426 g/mol. The summed E-state index contributed by atoms with van der Waals surface area (Å²) in [5.74, 6) is 1.96. The van der Waals surface area contributed by atoms with Crippen molar-refractivity contribution in [3.05, 3.63) is 59.8 Å². The minimum absolute atomic E-state index is 0.165. The standard InChI is InChI=1S/C23H26N2O4S/c1-16(2)29-12-13-30-23-24-21(14-17-8-10-19(27-3)11-9-17)22(26)25(23)18-6-5-7-20(15-18)28-4/h5-11,14-16H,12-13H2,1-4H3. The maximum absolute atomic E-state index is 13.2. The summed E-state index contributed by atoms with van der Waals surface area (Å²) < 4.78 is 16.1. The lowest BCUT2D eigenvalue weighted by molar-refractivity contribution is -0.113. The molecule has 0 aromatic heterocycles. The number of nitrogens with zero attached hydrogens (tertiary/aromatic N) is 2. The van der Waals surface area contributed by atoms with E-state index in [1.165, 1.54) is 11.8 Å². The van der Waals surface area contributed by atoms with Crippen LogP contribution >= 0.6 is 11.8 Å². The summed E-state index contributed by atoms with van der Waals surface area (Å²) in [6.45, 7) is 4.58. The Bertz CT molecular complexity index is 938. The molecule has 1 aliphatic rings. The van der Waals surface area contributed by atoms with Crippen LogP contribution in [0.1, 0.15) is 19.4 Å². The van der Waals surface area contributed by atoms with Crippen molar-refractivity contribution in [2.24, 2.45) is 4.99 Å².